The molecule has 122 valence electrons. The van der Waals surface area contributed by atoms with Gasteiger partial charge in [-0.25, -0.2) is 4.98 Å². The van der Waals surface area contributed by atoms with E-state index in [0.29, 0.717) is 18.1 Å². The number of aromatic nitrogens is 1. The molecule has 3 heterocycles. The van der Waals surface area contributed by atoms with Crippen molar-refractivity contribution in [1.29, 1.82) is 0 Å². The number of amides is 1. The molecule has 0 aromatic carbocycles. The topological polar surface area (TPSA) is 54.5 Å². The van der Waals surface area contributed by atoms with Gasteiger partial charge >= 0.3 is 0 Å². The highest BCUT2D eigenvalue weighted by Gasteiger charge is 2.37. The molecule has 2 aliphatic heterocycles. The first-order valence-electron chi connectivity index (χ1n) is 8.08. The molecular weight excluding hydrogens is 298 g/mol. The minimum atomic E-state index is 0.0284. The maximum Gasteiger partial charge on any atom is 0.263 e. The van der Waals surface area contributed by atoms with E-state index in [0.717, 1.165) is 41.7 Å². The third kappa shape index (κ3) is 3.19. The highest BCUT2D eigenvalue weighted by atomic mass is 32.1. The zero-order valence-electron chi connectivity index (χ0n) is 13.8. The van der Waals surface area contributed by atoms with Gasteiger partial charge in [0, 0.05) is 31.1 Å². The molecule has 2 fully saturated rings. The maximum absolute atomic E-state index is 12.5. The molecule has 0 aliphatic carbocycles. The van der Waals surface area contributed by atoms with Gasteiger partial charge in [0.15, 0.2) is 0 Å². The molecule has 1 amide bonds. The fourth-order valence-corrected chi connectivity index (χ4v) is 4.24. The number of nitrogens with one attached hydrogen (secondary N) is 1. The zero-order chi connectivity index (χ0) is 15.9. The van der Waals surface area contributed by atoms with Crippen molar-refractivity contribution >= 4 is 17.2 Å². The van der Waals surface area contributed by atoms with Crippen LogP contribution in [-0.4, -0.2) is 53.7 Å². The predicted octanol–water partition coefficient (Wildman–Crippen LogP) is 2.17. The Bertz CT molecular complexity index is 558. The molecule has 3 atom stereocenters. The summed E-state index contributed by atoms with van der Waals surface area (Å²) in [5, 5.41) is 4.23. The Morgan fingerprint density at radius 3 is 2.91 bits per heavy atom. The number of ether oxygens (including phenoxy) is 1. The van der Waals surface area contributed by atoms with Crippen molar-refractivity contribution in [3.8, 4) is 0 Å². The van der Waals surface area contributed by atoms with Crippen LogP contribution in [0.15, 0.2) is 0 Å². The quantitative estimate of drug-likeness (QED) is 0.926. The van der Waals surface area contributed by atoms with Crippen LogP contribution in [0, 0.1) is 6.92 Å². The molecule has 6 heteroatoms. The fourth-order valence-electron chi connectivity index (χ4n) is 3.27. The van der Waals surface area contributed by atoms with Crippen LogP contribution in [0.4, 0.5) is 0 Å². The van der Waals surface area contributed by atoms with Crippen LogP contribution in [0.3, 0.4) is 0 Å². The molecule has 3 rings (SSSR count). The lowest BCUT2D eigenvalue weighted by Crippen LogP contribution is -2.45. The third-order valence-corrected chi connectivity index (χ3v) is 5.90. The lowest BCUT2D eigenvalue weighted by Gasteiger charge is -2.33. The summed E-state index contributed by atoms with van der Waals surface area (Å²) >= 11 is 1.52. The third-order valence-electron chi connectivity index (χ3n) is 4.44. The summed E-state index contributed by atoms with van der Waals surface area (Å²) in [5.74, 6) is 0.394. The van der Waals surface area contributed by atoms with Crippen molar-refractivity contribution in [3.05, 3.63) is 15.6 Å². The number of morpholine rings is 1. The van der Waals surface area contributed by atoms with Crippen LogP contribution < -0.4 is 5.32 Å². The van der Waals surface area contributed by atoms with Gasteiger partial charge in [-0.05, 0) is 20.3 Å². The molecule has 0 unspecified atom stereocenters. The van der Waals surface area contributed by atoms with Gasteiger partial charge in [0.2, 0.25) is 0 Å². The van der Waals surface area contributed by atoms with Crippen molar-refractivity contribution in [2.45, 2.75) is 58.2 Å². The van der Waals surface area contributed by atoms with Crippen molar-refractivity contribution in [2.24, 2.45) is 0 Å². The number of hydrogen-bond donors (Lipinski definition) is 1. The van der Waals surface area contributed by atoms with Gasteiger partial charge in [0.1, 0.15) is 4.88 Å². The molecule has 0 radical (unpaired) electrons. The van der Waals surface area contributed by atoms with E-state index in [9.17, 15) is 4.79 Å². The molecule has 2 saturated heterocycles. The monoisotopic (exact) mass is 323 g/mol. The van der Waals surface area contributed by atoms with Crippen molar-refractivity contribution in [2.75, 3.05) is 19.7 Å². The van der Waals surface area contributed by atoms with Crippen LogP contribution in [0.2, 0.25) is 0 Å². The molecule has 2 aliphatic rings. The van der Waals surface area contributed by atoms with E-state index in [1.54, 1.807) is 0 Å². The maximum atomic E-state index is 12.5. The van der Waals surface area contributed by atoms with Gasteiger partial charge in [0.05, 0.1) is 23.4 Å². The van der Waals surface area contributed by atoms with Crippen LogP contribution in [0.25, 0.3) is 0 Å². The second kappa shape index (κ2) is 6.26. The zero-order valence-corrected chi connectivity index (χ0v) is 14.6. The molecule has 1 N–H and O–H groups in total. The van der Waals surface area contributed by atoms with Crippen LogP contribution in [-0.2, 0) is 4.74 Å². The summed E-state index contributed by atoms with van der Waals surface area (Å²) in [6.07, 6.45) is 1.27. The fraction of sp³-hybridized carbons (Fsp3) is 0.750. The number of carbonyl (C=O) groups excluding carboxylic acids is 1. The summed E-state index contributed by atoms with van der Waals surface area (Å²) < 4.78 is 5.72. The number of thiazole rings is 1. The summed E-state index contributed by atoms with van der Waals surface area (Å²) in [6, 6.07) is 0.672. The highest BCUT2D eigenvalue weighted by Crippen LogP contribution is 2.26. The molecule has 0 saturated carbocycles. The first-order chi connectivity index (χ1) is 10.4. The molecule has 5 nitrogen and oxygen atoms in total. The smallest absolute Gasteiger partial charge is 0.263 e. The van der Waals surface area contributed by atoms with E-state index >= 15 is 0 Å². The van der Waals surface area contributed by atoms with E-state index in [1.165, 1.54) is 11.3 Å². The second-order valence-corrected chi connectivity index (χ2v) is 7.81. The number of aryl methyl sites for hydroxylation is 1. The Morgan fingerprint density at radius 1 is 1.45 bits per heavy atom. The van der Waals surface area contributed by atoms with Crippen LogP contribution in [0.1, 0.15) is 53.5 Å². The highest BCUT2D eigenvalue weighted by molar-refractivity contribution is 7.13. The van der Waals surface area contributed by atoms with Gasteiger partial charge in [0.25, 0.3) is 5.91 Å². The minimum Gasteiger partial charge on any atom is -0.376 e. The van der Waals surface area contributed by atoms with Crippen LogP contribution >= 0.6 is 11.3 Å². The summed E-state index contributed by atoms with van der Waals surface area (Å²) in [7, 11) is 0. The largest absolute Gasteiger partial charge is 0.376 e. The first kappa shape index (κ1) is 15.9. The lowest BCUT2D eigenvalue weighted by molar-refractivity contribution is -0.0390. The molecule has 0 spiro atoms. The van der Waals surface area contributed by atoms with E-state index in [4.69, 9.17) is 4.74 Å². The molecule has 1 aromatic rings. The normalized spacial score (nSPS) is 28.9. The minimum absolute atomic E-state index is 0.0284. The van der Waals surface area contributed by atoms with Gasteiger partial charge < -0.3 is 10.1 Å². The van der Waals surface area contributed by atoms with Crippen molar-refractivity contribution in [1.82, 2.24) is 15.2 Å². The molecule has 22 heavy (non-hydrogen) atoms. The predicted molar refractivity (Wildman–Crippen MR) is 87.6 cm³/mol. The molecule has 1 aromatic heterocycles. The molecular formula is C16H25N3O2S. The SMILES string of the molecule is Cc1nc(C(C)C)sc1C(=O)N[C@H]1C[C@H]2CO[C@H](C)CN2C1. The van der Waals surface area contributed by atoms with Gasteiger partial charge in [-0.1, -0.05) is 13.8 Å². The Kier molecular flexibility index (Phi) is 4.52. The van der Waals surface area contributed by atoms with Gasteiger partial charge in [-0.2, -0.15) is 0 Å². The average molecular weight is 323 g/mol. The first-order valence-corrected chi connectivity index (χ1v) is 8.89. The molecule has 0 bridgehead atoms. The Hall–Kier alpha value is -0.980. The number of fused-ring (bicyclic) bond motifs is 1. The van der Waals surface area contributed by atoms with E-state index in [-0.39, 0.29) is 11.9 Å². The summed E-state index contributed by atoms with van der Waals surface area (Å²) in [6.45, 7) is 10.9. The summed E-state index contributed by atoms with van der Waals surface area (Å²) in [4.78, 5) is 20.3. The number of carbonyl (C=O) groups is 1. The van der Waals surface area contributed by atoms with E-state index < -0.39 is 0 Å². The summed E-state index contributed by atoms with van der Waals surface area (Å²) in [5.41, 5.74) is 0.846. The van der Waals surface area contributed by atoms with Crippen molar-refractivity contribution < 1.29 is 9.53 Å². The number of nitrogens with zero attached hydrogens (tertiary/aromatic N) is 2. The van der Waals surface area contributed by atoms with Gasteiger partial charge in [-0.15, -0.1) is 11.3 Å². The van der Waals surface area contributed by atoms with Crippen LogP contribution in [0.5, 0.6) is 0 Å². The number of rotatable bonds is 3. The lowest BCUT2D eigenvalue weighted by atomic mass is 10.1. The second-order valence-electron chi connectivity index (χ2n) is 6.78. The van der Waals surface area contributed by atoms with Crippen molar-refractivity contribution in [3.63, 3.8) is 0 Å². The van der Waals surface area contributed by atoms with Gasteiger partial charge in [-0.3, -0.25) is 9.69 Å². The number of hydrogen-bond acceptors (Lipinski definition) is 5. The standard InChI is InChI=1S/C16H25N3O2S/c1-9(2)16-17-11(4)14(22-16)15(20)18-12-5-13-8-21-10(3)6-19(13)7-12/h9-10,12-13H,5-8H2,1-4H3,(H,18,20)/t10-,12+,13+/m1/s1. The Morgan fingerprint density at radius 2 is 2.23 bits per heavy atom. The average Bonchev–Trinajstić information content (AvgIpc) is 3.01. The van der Waals surface area contributed by atoms with E-state index in [2.05, 4.69) is 36.0 Å². The van der Waals surface area contributed by atoms with E-state index in [1.807, 2.05) is 6.92 Å². The Labute approximate surface area is 136 Å². The Balaban J connectivity index is 1.63.